The summed E-state index contributed by atoms with van der Waals surface area (Å²) in [5.74, 6) is 2.05. The maximum absolute atomic E-state index is 11.5. The molecule has 2 aromatic heterocycles. The van der Waals surface area contributed by atoms with Crippen LogP contribution in [0.5, 0.6) is 11.6 Å². The van der Waals surface area contributed by atoms with Crippen molar-refractivity contribution >= 4 is 15.9 Å². The van der Waals surface area contributed by atoms with Crippen LogP contribution in [0.25, 0.3) is 0 Å². The van der Waals surface area contributed by atoms with Crippen LogP contribution in [0.3, 0.4) is 0 Å². The third-order valence-electron chi connectivity index (χ3n) is 3.74. The first-order valence-corrected chi connectivity index (χ1v) is 8.74. The van der Waals surface area contributed by atoms with E-state index in [1.165, 1.54) is 4.68 Å². The van der Waals surface area contributed by atoms with Gasteiger partial charge in [0.15, 0.2) is 0 Å². The Morgan fingerprint density at radius 3 is 2.71 bits per heavy atom. The van der Waals surface area contributed by atoms with Gasteiger partial charge in [-0.25, -0.2) is 4.68 Å². The van der Waals surface area contributed by atoms with Crippen LogP contribution in [0.15, 0.2) is 33.7 Å². The van der Waals surface area contributed by atoms with Crippen molar-refractivity contribution in [2.75, 3.05) is 13.7 Å². The normalized spacial score (nSPS) is 18.4. The Bertz CT molecular complexity index is 705. The number of aryl methyl sites for hydroxylation is 1. The Morgan fingerprint density at radius 2 is 2.12 bits per heavy atom. The molecule has 7 heteroatoms. The molecule has 0 aliphatic heterocycles. The van der Waals surface area contributed by atoms with Gasteiger partial charge in [0.25, 0.3) is 5.56 Å². The van der Waals surface area contributed by atoms with Gasteiger partial charge in [0.1, 0.15) is 5.75 Å². The minimum Gasteiger partial charge on any atom is -0.495 e. The number of halogens is 1. The fraction of sp³-hybridized carbons (Fsp3) is 0.471. The van der Waals surface area contributed by atoms with E-state index < -0.39 is 0 Å². The third kappa shape index (κ3) is 4.35. The molecule has 3 rings (SSSR count). The van der Waals surface area contributed by atoms with Gasteiger partial charge < -0.3 is 9.47 Å². The van der Waals surface area contributed by atoms with Crippen molar-refractivity contribution in [3.05, 3.63) is 44.9 Å². The molecule has 2 heterocycles. The van der Waals surface area contributed by atoms with E-state index in [0.717, 1.165) is 17.9 Å². The van der Waals surface area contributed by atoms with Gasteiger partial charge in [0, 0.05) is 30.6 Å². The first-order chi connectivity index (χ1) is 11.6. The number of ether oxygens (including phenoxy) is 2. The lowest BCUT2D eigenvalue weighted by molar-refractivity contribution is 0.277. The fourth-order valence-corrected chi connectivity index (χ4v) is 2.79. The number of rotatable bonds is 5. The zero-order valence-corrected chi connectivity index (χ0v) is 15.9. The Balaban J connectivity index is 0.00000100. The number of aromatic nitrogens is 3. The molecular weight excluding hydrogens is 374 g/mol. The number of methoxy groups -OCH3 is 1. The van der Waals surface area contributed by atoms with E-state index in [1.54, 1.807) is 26.4 Å². The first kappa shape index (κ1) is 18.4. The van der Waals surface area contributed by atoms with Gasteiger partial charge in [0.2, 0.25) is 5.88 Å². The van der Waals surface area contributed by atoms with Crippen molar-refractivity contribution in [2.45, 2.75) is 26.2 Å². The maximum atomic E-state index is 11.5. The highest BCUT2D eigenvalue weighted by Gasteiger charge is 2.40. The second kappa shape index (κ2) is 8.28. The summed E-state index contributed by atoms with van der Waals surface area (Å²) in [6.45, 7) is 4.57. The number of nitrogens with zero attached hydrogens (tertiary/aromatic N) is 3. The van der Waals surface area contributed by atoms with Crippen molar-refractivity contribution in [1.29, 1.82) is 0 Å². The molecule has 0 aromatic carbocycles. The van der Waals surface area contributed by atoms with Gasteiger partial charge in [-0.1, -0.05) is 13.8 Å². The molecule has 6 nitrogen and oxygen atoms in total. The molecule has 0 bridgehead atoms. The zero-order valence-electron chi connectivity index (χ0n) is 14.3. The third-order valence-corrected chi connectivity index (χ3v) is 4.31. The summed E-state index contributed by atoms with van der Waals surface area (Å²) in [5.41, 5.74) is 0.878. The number of hydrogen-bond donors (Lipinski definition) is 0. The van der Waals surface area contributed by atoms with Crippen molar-refractivity contribution < 1.29 is 9.47 Å². The first-order valence-electron chi connectivity index (χ1n) is 7.95. The molecule has 130 valence electrons. The average Bonchev–Trinajstić information content (AvgIpc) is 3.39. The fourth-order valence-electron chi connectivity index (χ4n) is 2.34. The summed E-state index contributed by atoms with van der Waals surface area (Å²) in [6.07, 6.45) is 2.78. The lowest BCUT2D eigenvalue weighted by Gasteiger charge is -2.07. The second-order valence-electron chi connectivity index (χ2n) is 5.30. The van der Waals surface area contributed by atoms with E-state index in [4.69, 9.17) is 9.47 Å². The van der Waals surface area contributed by atoms with E-state index >= 15 is 0 Å². The molecule has 1 saturated carbocycles. The predicted octanol–water partition coefficient (Wildman–Crippen LogP) is 3.16. The van der Waals surface area contributed by atoms with Crippen LogP contribution in [0.4, 0.5) is 0 Å². The summed E-state index contributed by atoms with van der Waals surface area (Å²) in [4.78, 5) is 15.9. The molecule has 24 heavy (non-hydrogen) atoms. The Hall–Kier alpha value is -1.89. The van der Waals surface area contributed by atoms with Gasteiger partial charge >= 0.3 is 0 Å². The van der Waals surface area contributed by atoms with Gasteiger partial charge in [-0.3, -0.25) is 9.78 Å². The number of pyridine rings is 1. The second-order valence-corrected chi connectivity index (χ2v) is 6.15. The molecule has 1 aliphatic carbocycles. The van der Waals surface area contributed by atoms with Gasteiger partial charge in [-0.2, -0.15) is 0 Å². The topological polar surface area (TPSA) is 66.2 Å². The molecule has 2 atom stereocenters. The average molecular weight is 396 g/mol. The van der Waals surface area contributed by atoms with Crippen molar-refractivity contribution in [3.63, 3.8) is 0 Å². The minimum atomic E-state index is -0.181. The quantitative estimate of drug-likeness (QED) is 0.777. The molecular formula is C17H22BrN3O3. The van der Waals surface area contributed by atoms with E-state index in [-0.39, 0.29) is 5.56 Å². The highest BCUT2D eigenvalue weighted by molar-refractivity contribution is 9.10. The Labute approximate surface area is 150 Å². The zero-order chi connectivity index (χ0) is 17.7. The summed E-state index contributed by atoms with van der Waals surface area (Å²) in [6, 6.07) is 5.51. The number of hydrogen-bond acceptors (Lipinski definition) is 5. The van der Waals surface area contributed by atoms with Crippen molar-refractivity contribution in [2.24, 2.45) is 13.0 Å². The van der Waals surface area contributed by atoms with Crippen molar-refractivity contribution in [1.82, 2.24) is 14.8 Å². The van der Waals surface area contributed by atoms with Crippen LogP contribution in [0.1, 0.15) is 31.9 Å². The highest BCUT2D eigenvalue weighted by Crippen LogP contribution is 2.46. The maximum Gasteiger partial charge on any atom is 0.281 e. The SMILES string of the molecule is CC.COc1ccc(C2CC2COc2cc(Br)c(=O)n(C)n2)nc1. The smallest absolute Gasteiger partial charge is 0.281 e. The summed E-state index contributed by atoms with van der Waals surface area (Å²) >= 11 is 3.21. The Kier molecular flexibility index (Phi) is 6.36. The van der Waals surface area contributed by atoms with Crippen LogP contribution in [0, 0.1) is 5.92 Å². The Morgan fingerprint density at radius 1 is 1.38 bits per heavy atom. The van der Waals surface area contributed by atoms with E-state index in [2.05, 4.69) is 26.0 Å². The van der Waals surface area contributed by atoms with Crippen LogP contribution in [0.2, 0.25) is 0 Å². The summed E-state index contributed by atoms with van der Waals surface area (Å²) in [7, 11) is 3.23. The van der Waals surface area contributed by atoms with Gasteiger partial charge in [-0.05, 0) is 34.5 Å². The highest BCUT2D eigenvalue weighted by atomic mass is 79.9. The minimum absolute atomic E-state index is 0.181. The van der Waals surface area contributed by atoms with Gasteiger partial charge in [-0.15, -0.1) is 5.10 Å². The van der Waals surface area contributed by atoms with E-state index in [1.807, 2.05) is 26.0 Å². The van der Waals surface area contributed by atoms with Crippen LogP contribution in [-0.2, 0) is 7.05 Å². The van der Waals surface area contributed by atoms with Crippen LogP contribution in [-0.4, -0.2) is 28.5 Å². The van der Waals surface area contributed by atoms with Crippen LogP contribution < -0.4 is 15.0 Å². The molecule has 2 aromatic rings. The van der Waals surface area contributed by atoms with E-state index in [9.17, 15) is 4.79 Å². The van der Waals surface area contributed by atoms with E-state index in [0.29, 0.717) is 28.8 Å². The molecule has 0 radical (unpaired) electrons. The molecule has 1 aliphatic rings. The summed E-state index contributed by atoms with van der Waals surface area (Å²) in [5, 5.41) is 4.07. The monoisotopic (exact) mass is 395 g/mol. The molecule has 0 saturated heterocycles. The summed E-state index contributed by atoms with van der Waals surface area (Å²) < 4.78 is 12.5. The van der Waals surface area contributed by atoms with Crippen molar-refractivity contribution in [3.8, 4) is 11.6 Å². The lowest BCUT2D eigenvalue weighted by atomic mass is 10.2. The van der Waals surface area contributed by atoms with Gasteiger partial charge in [0.05, 0.1) is 24.4 Å². The van der Waals surface area contributed by atoms with Crippen LogP contribution >= 0.6 is 15.9 Å². The molecule has 2 unspecified atom stereocenters. The molecule has 0 N–H and O–H groups in total. The lowest BCUT2D eigenvalue weighted by Crippen LogP contribution is -2.20. The largest absolute Gasteiger partial charge is 0.495 e. The predicted molar refractivity (Wildman–Crippen MR) is 95.7 cm³/mol. The molecule has 0 amide bonds. The molecule has 0 spiro atoms. The standard InChI is InChI=1S/C15H16BrN3O3.C2H6/c1-19-15(20)12(16)6-14(18-19)22-8-9-5-11(9)13-4-3-10(21-2)7-17-13;1-2/h3-4,6-7,9,11H,5,8H2,1-2H3;1-2H3. The molecule has 1 fully saturated rings.